The quantitative estimate of drug-likeness (QED) is 0.413. The standard InChI is InChI=1S/C27H28F2O5.Na/c1-16(2)24-11-19(17-3-7-20(28)8-4-17)12-25(18-5-9-21(29)10-6-18)27(24)34-15-23(31)13-22(30)14-26(32)33;/h3-12,16,22-23,30-31H,13-15H2,1-2H3,(H,32,33);/q;+1/p-1/t22-,23?;/m1./s1. The van der Waals surface area contributed by atoms with Crippen molar-refractivity contribution in [2.45, 2.75) is 44.8 Å². The second kappa shape index (κ2) is 13.1. The minimum Gasteiger partial charge on any atom is -0.550 e. The number of hydrogen-bond donors (Lipinski definition) is 2. The first kappa shape index (κ1) is 28.9. The van der Waals surface area contributed by atoms with Crippen molar-refractivity contribution in [2.24, 2.45) is 0 Å². The smallest absolute Gasteiger partial charge is 0.550 e. The van der Waals surface area contributed by atoms with Gasteiger partial charge in [-0.1, -0.05) is 38.1 Å². The molecule has 2 atom stereocenters. The number of aliphatic hydroxyl groups is 2. The van der Waals surface area contributed by atoms with Gasteiger partial charge in [0.15, 0.2) is 0 Å². The van der Waals surface area contributed by atoms with Gasteiger partial charge in [0.2, 0.25) is 0 Å². The Labute approximate surface area is 225 Å². The van der Waals surface area contributed by atoms with Crippen LogP contribution in [0.3, 0.4) is 0 Å². The van der Waals surface area contributed by atoms with E-state index >= 15 is 0 Å². The van der Waals surface area contributed by atoms with Crippen LogP contribution in [0.4, 0.5) is 8.78 Å². The maximum absolute atomic E-state index is 13.6. The van der Waals surface area contributed by atoms with E-state index in [-0.39, 0.29) is 60.1 Å². The molecule has 0 aliphatic rings. The van der Waals surface area contributed by atoms with E-state index in [1.165, 1.54) is 24.3 Å². The number of aliphatic hydroxyl groups excluding tert-OH is 2. The number of ether oxygens (including phenoxy) is 1. The Bertz CT molecular complexity index is 1120. The van der Waals surface area contributed by atoms with Gasteiger partial charge in [-0.3, -0.25) is 0 Å². The third-order valence-electron chi connectivity index (χ3n) is 5.44. The summed E-state index contributed by atoms with van der Waals surface area (Å²) in [4.78, 5) is 10.7. The molecule has 35 heavy (non-hydrogen) atoms. The largest absolute Gasteiger partial charge is 1.00 e. The van der Waals surface area contributed by atoms with Crippen molar-refractivity contribution in [3.8, 4) is 28.0 Å². The normalized spacial score (nSPS) is 12.7. The zero-order chi connectivity index (χ0) is 24.8. The van der Waals surface area contributed by atoms with E-state index in [2.05, 4.69) is 0 Å². The Balaban J connectivity index is 0.00000432. The van der Waals surface area contributed by atoms with Crippen LogP contribution < -0.4 is 39.4 Å². The minimum atomic E-state index is -1.40. The van der Waals surface area contributed by atoms with Crippen molar-refractivity contribution < 1.29 is 63.2 Å². The Morgan fingerprint density at radius 3 is 1.94 bits per heavy atom. The number of carboxylic acids is 1. The first-order valence-corrected chi connectivity index (χ1v) is 11.0. The Hall–Kier alpha value is -2.29. The molecule has 0 fully saturated rings. The van der Waals surface area contributed by atoms with Crippen LogP contribution in [-0.4, -0.2) is 35.0 Å². The fourth-order valence-electron chi connectivity index (χ4n) is 3.73. The number of carboxylic acid groups (broad SMARTS) is 1. The first-order valence-electron chi connectivity index (χ1n) is 11.0. The van der Waals surface area contributed by atoms with Crippen LogP contribution in [0.5, 0.6) is 5.75 Å². The molecule has 3 rings (SSSR count). The summed E-state index contributed by atoms with van der Waals surface area (Å²) in [5, 5.41) is 30.7. The Morgan fingerprint density at radius 2 is 1.43 bits per heavy atom. The van der Waals surface area contributed by atoms with Gasteiger partial charge in [-0.25, -0.2) is 8.78 Å². The van der Waals surface area contributed by atoms with Crippen LogP contribution in [0.1, 0.15) is 38.2 Å². The van der Waals surface area contributed by atoms with Crippen molar-refractivity contribution in [1.29, 1.82) is 0 Å². The van der Waals surface area contributed by atoms with Gasteiger partial charge in [0.25, 0.3) is 0 Å². The molecule has 3 aromatic carbocycles. The number of carbonyl (C=O) groups excluding carboxylic acids is 1. The van der Waals surface area contributed by atoms with E-state index in [4.69, 9.17) is 4.74 Å². The third kappa shape index (κ3) is 8.12. The van der Waals surface area contributed by atoms with Gasteiger partial charge in [-0.2, -0.15) is 0 Å². The molecular formula is C27H27F2NaO5. The maximum atomic E-state index is 13.6. The van der Waals surface area contributed by atoms with Crippen molar-refractivity contribution >= 4 is 5.97 Å². The van der Waals surface area contributed by atoms with Gasteiger partial charge < -0.3 is 24.9 Å². The summed E-state index contributed by atoms with van der Waals surface area (Å²) in [6.45, 7) is 3.77. The van der Waals surface area contributed by atoms with Crippen LogP contribution in [0.25, 0.3) is 22.3 Å². The molecule has 2 N–H and O–H groups in total. The summed E-state index contributed by atoms with van der Waals surface area (Å²) in [6, 6.07) is 15.8. The van der Waals surface area contributed by atoms with Crippen molar-refractivity contribution in [2.75, 3.05) is 6.61 Å². The molecule has 0 aliphatic heterocycles. The van der Waals surface area contributed by atoms with Crippen LogP contribution in [0, 0.1) is 11.6 Å². The molecule has 0 heterocycles. The zero-order valence-electron chi connectivity index (χ0n) is 20.0. The molecule has 0 amide bonds. The van der Waals surface area contributed by atoms with E-state index in [1.54, 1.807) is 24.3 Å². The molecule has 0 bridgehead atoms. The predicted molar refractivity (Wildman–Crippen MR) is 123 cm³/mol. The predicted octanol–water partition coefficient (Wildman–Crippen LogP) is 1.06. The topological polar surface area (TPSA) is 89.8 Å². The fraction of sp³-hybridized carbons (Fsp3) is 0.296. The summed E-state index contributed by atoms with van der Waals surface area (Å²) >= 11 is 0. The summed E-state index contributed by atoms with van der Waals surface area (Å²) in [5.74, 6) is -1.64. The first-order chi connectivity index (χ1) is 16.1. The van der Waals surface area contributed by atoms with Crippen LogP contribution >= 0.6 is 0 Å². The van der Waals surface area contributed by atoms with E-state index < -0.39 is 24.6 Å². The molecule has 3 aromatic rings. The van der Waals surface area contributed by atoms with Gasteiger partial charge in [-0.15, -0.1) is 0 Å². The van der Waals surface area contributed by atoms with E-state index in [1.807, 2.05) is 26.0 Å². The van der Waals surface area contributed by atoms with E-state index in [9.17, 15) is 28.9 Å². The molecule has 180 valence electrons. The maximum Gasteiger partial charge on any atom is 1.00 e. The number of carbonyl (C=O) groups is 1. The number of hydrogen-bond acceptors (Lipinski definition) is 5. The molecule has 0 saturated heterocycles. The molecule has 0 spiro atoms. The average molecular weight is 492 g/mol. The van der Waals surface area contributed by atoms with E-state index in [0.717, 1.165) is 16.7 Å². The molecule has 8 heteroatoms. The monoisotopic (exact) mass is 492 g/mol. The van der Waals surface area contributed by atoms with Crippen molar-refractivity contribution in [3.05, 3.63) is 77.9 Å². The van der Waals surface area contributed by atoms with Crippen molar-refractivity contribution in [3.63, 3.8) is 0 Å². The summed E-state index contributed by atoms with van der Waals surface area (Å²) in [6.07, 6.45) is -3.15. The SMILES string of the molecule is CC(C)c1cc(-c2ccc(F)cc2)cc(-c2ccc(F)cc2)c1OCC(O)C[C@@H](O)CC(=O)[O-].[Na+]. The molecular weight excluding hydrogens is 465 g/mol. The minimum absolute atomic E-state index is 0. The second-order valence-corrected chi connectivity index (χ2v) is 8.54. The number of benzene rings is 3. The van der Waals surface area contributed by atoms with Gasteiger partial charge in [0.1, 0.15) is 24.0 Å². The fourth-order valence-corrected chi connectivity index (χ4v) is 3.73. The number of rotatable bonds is 10. The van der Waals surface area contributed by atoms with Gasteiger partial charge >= 0.3 is 29.6 Å². The van der Waals surface area contributed by atoms with Gasteiger partial charge in [0, 0.05) is 24.4 Å². The molecule has 0 aliphatic carbocycles. The summed E-state index contributed by atoms with van der Waals surface area (Å²) in [5.41, 5.74) is 3.79. The van der Waals surface area contributed by atoms with Crippen LogP contribution in [-0.2, 0) is 4.79 Å². The van der Waals surface area contributed by atoms with Crippen molar-refractivity contribution in [1.82, 2.24) is 0 Å². The Morgan fingerprint density at radius 1 is 0.886 bits per heavy atom. The summed E-state index contributed by atoms with van der Waals surface area (Å²) in [7, 11) is 0. The van der Waals surface area contributed by atoms with Crippen LogP contribution in [0.2, 0.25) is 0 Å². The molecule has 1 unspecified atom stereocenters. The molecule has 0 saturated carbocycles. The molecule has 5 nitrogen and oxygen atoms in total. The van der Waals surface area contributed by atoms with Gasteiger partial charge in [-0.05, 0) is 64.6 Å². The Kier molecular flexibility index (Phi) is 10.9. The summed E-state index contributed by atoms with van der Waals surface area (Å²) < 4.78 is 33.1. The van der Waals surface area contributed by atoms with E-state index in [0.29, 0.717) is 16.9 Å². The number of halogens is 2. The second-order valence-electron chi connectivity index (χ2n) is 8.54. The third-order valence-corrected chi connectivity index (χ3v) is 5.44. The van der Waals surface area contributed by atoms with Crippen LogP contribution in [0.15, 0.2) is 60.7 Å². The average Bonchev–Trinajstić information content (AvgIpc) is 2.77. The molecule has 0 radical (unpaired) electrons. The number of aliphatic carboxylic acids is 1. The zero-order valence-corrected chi connectivity index (χ0v) is 22.0. The molecule has 0 aromatic heterocycles. The van der Waals surface area contributed by atoms with Gasteiger partial charge in [0.05, 0.1) is 12.2 Å².